The molecular formula is C23H32F3N3O. The van der Waals surface area contributed by atoms with Crippen molar-refractivity contribution in [3.05, 3.63) is 35.4 Å². The Morgan fingerprint density at radius 2 is 1.80 bits per heavy atom. The summed E-state index contributed by atoms with van der Waals surface area (Å²) in [6.07, 6.45) is 0.739. The van der Waals surface area contributed by atoms with Crippen molar-refractivity contribution < 1.29 is 18.0 Å². The van der Waals surface area contributed by atoms with Crippen LogP contribution < -0.4 is 0 Å². The molecule has 1 amide bonds. The number of hydrogen-bond donors (Lipinski definition) is 0. The highest BCUT2D eigenvalue weighted by Crippen LogP contribution is 2.41. The van der Waals surface area contributed by atoms with E-state index in [9.17, 15) is 18.0 Å². The van der Waals surface area contributed by atoms with Crippen molar-refractivity contribution in [2.45, 2.75) is 50.4 Å². The normalized spacial score (nSPS) is 29.7. The average molecular weight is 424 g/mol. The largest absolute Gasteiger partial charge is 0.416 e. The number of rotatable bonds is 4. The predicted octanol–water partition coefficient (Wildman–Crippen LogP) is 3.51. The molecule has 30 heavy (non-hydrogen) atoms. The standard InChI is InChI=1S/C23H32F3N3O/c1-27(2)15-21-18-12-17(20-5-3-4-10-29(20)21)13-28(14-18)22(30)11-16-6-8-19(9-7-16)23(24,25)26/h6-9,17-18,20-21H,3-5,10-15H2,1-2H3/t17-,18+,20+,21+/m1/s1. The molecule has 3 aliphatic rings. The second kappa shape index (κ2) is 8.50. The fourth-order valence-electron chi connectivity index (χ4n) is 5.83. The van der Waals surface area contributed by atoms with Gasteiger partial charge in [-0.1, -0.05) is 18.6 Å². The summed E-state index contributed by atoms with van der Waals surface area (Å²) in [5, 5.41) is 0. The molecule has 4 rings (SSSR count). The zero-order valence-electron chi connectivity index (χ0n) is 17.9. The summed E-state index contributed by atoms with van der Waals surface area (Å²) in [7, 11) is 4.22. The van der Waals surface area contributed by atoms with Gasteiger partial charge in [0, 0.05) is 31.7 Å². The Bertz CT molecular complexity index is 749. The van der Waals surface area contributed by atoms with Crippen molar-refractivity contribution in [1.82, 2.24) is 14.7 Å². The van der Waals surface area contributed by atoms with E-state index in [0.29, 0.717) is 29.5 Å². The van der Waals surface area contributed by atoms with Crippen molar-refractivity contribution in [3.8, 4) is 0 Å². The number of carbonyl (C=O) groups is 1. The minimum absolute atomic E-state index is 0.0392. The molecule has 0 aliphatic carbocycles. The van der Waals surface area contributed by atoms with Gasteiger partial charge in [0.15, 0.2) is 0 Å². The van der Waals surface area contributed by atoms with Crippen LogP contribution in [0.15, 0.2) is 24.3 Å². The van der Waals surface area contributed by atoms with Crippen molar-refractivity contribution >= 4 is 5.91 Å². The van der Waals surface area contributed by atoms with Crippen molar-refractivity contribution in [3.63, 3.8) is 0 Å². The lowest BCUT2D eigenvalue weighted by Gasteiger charge is -2.57. The van der Waals surface area contributed by atoms with Crippen LogP contribution in [0.2, 0.25) is 0 Å². The summed E-state index contributed by atoms with van der Waals surface area (Å²) in [5.41, 5.74) is -0.0250. The van der Waals surface area contributed by atoms with Gasteiger partial charge >= 0.3 is 6.18 Å². The van der Waals surface area contributed by atoms with Crippen molar-refractivity contribution in [1.29, 1.82) is 0 Å². The van der Waals surface area contributed by atoms with Gasteiger partial charge in [-0.25, -0.2) is 0 Å². The number of nitrogens with zero attached hydrogens (tertiary/aromatic N) is 3. The Labute approximate surface area is 177 Å². The highest BCUT2D eigenvalue weighted by atomic mass is 19.4. The van der Waals surface area contributed by atoms with Crippen LogP contribution >= 0.6 is 0 Å². The lowest BCUT2D eigenvalue weighted by Crippen LogP contribution is -2.66. The molecule has 4 atom stereocenters. The van der Waals surface area contributed by atoms with Crippen LogP contribution in [0.25, 0.3) is 0 Å². The van der Waals surface area contributed by atoms with E-state index in [1.807, 2.05) is 4.90 Å². The van der Waals surface area contributed by atoms with Crippen LogP contribution in [0.5, 0.6) is 0 Å². The van der Waals surface area contributed by atoms with E-state index in [1.54, 1.807) is 0 Å². The molecule has 0 radical (unpaired) electrons. The number of benzene rings is 1. The van der Waals surface area contributed by atoms with Crippen molar-refractivity contribution in [2.75, 3.05) is 40.3 Å². The number of amides is 1. The molecule has 3 aliphatic heterocycles. The SMILES string of the molecule is CN(C)C[C@H]1[C@H]2C[C@H](CN(C(=O)Cc3ccc(C(F)(F)F)cc3)C2)[C@@H]2CCCCN21. The summed E-state index contributed by atoms with van der Waals surface area (Å²) in [4.78, 5) is 20.0. The fourth-order valence-corrected chi connectivity index (χ4v) is 5.83. The first-order valence-corrected chi connectivity index (χ1v) is 11.1. The molecule has 2 bridgehead atoms. The molecule has 0 unspecified atom stereocenters. The molecule has 1 aromatic carbocycles. The lowest BCUT2D eigenvalue weighted by molar-refractivity contribution is -0.140. The van der Waals surface area contributed by atoms with Gasteiger partial charge in [-0.15, -0.1) is 0 Å². The fraction of sp³-hybridized carbons (Fsp3) is 0.696. The van der Waals surface area contributed by atoms with Gasteiger partial charge in [0.2, 0.25) is 5.91 Å². The highest BCUT2D eigenvalue weighted by Gasteiger charge is 2.47. The molecule has 0 N–H and O–H groups in total. The van der Waals surface area contributed by atoms with Crippen LogP contribution in [-0.2, 0) is 17.4 Å². The molecule has 7 heteroatoms. The van der Waals surface area contributed by atoms with Gasteiger partial charge in [0.25, 0.3) is 0 Å². The van der Waals surface area contributed by atoms with E-state index >= 15 is 0 Å². The van der Waals surface area contributed by atoms with E-state index in [-0.39, 0.29) is 12.3 Å². The Morgan fingerprint density at radius 1 is 1.10 bits per heavy atom. The maximum atomic E-state index is 13.0. The van der Waals surface area contributed by atoms with Crippen LogP contribution in [0.4, 0.5) is 13.2 Å². The minimum Gasteiger partial charge on any atom is -0.342 e. The van der Waals surface area contributed by atoms with E-state index in [4.69, 9.17) is 0 Å². The molecule has 0 saturated carbocycles. The maximum absolute atomic E-state index is 13.0. The summed E-state index contributed by atoms with van der Waals surface area (Å²) in [5.74, 6) is 1.02. The van der Waals surface area contributed by atoms with Gasteiger partial charge in [-0.2, -0.15) is 13.2 Å². The second-order valence-electron chi connectivity index (χ2n) is 9.56. The van der Waals surface area contributed by atoms with Gasteiger partial charge in [0.05, 0.1) is 12.0 Å². The van der Waals surface area contributed by atoms with Crippen LogP contribution in [-0.4, -0.2) is 73.0 Å². The van der Waals surface area contributed by atoms with Gasteiger partial charge in [-0.05, 0) is 69.4 Å². The summed E-state index contributed by atoms with van der Waals surface area (Å²) < 4.78 is 38.4. The van der Waals surface area contributed by atoms with Gasteiger partial charge in [-0.3, -0.25) is 9.69 Å². The Balaban J connectivity index is 1.46. The minimum atomic E-state index is -4.35. The first-order valence-electron chi connectivity index (χ1n) is 11.1. The number of halogens is 3. The number of fused-ring (bicyclic) bond motifs is 4. The van der Waals surface area contributed by atoms with E-state index < -0.39 is 11.7 Å². The Hall–Kier alpha value is -1.60. The molecule has 3 heterocycles. The molecule has 3 fully saturated rings. The highest BCUT2D eigenvalue weighted by molar-refractivity contribution is 5.79. The number of alkyl halides is 3. The van der Waals surface area contributed by atoms with Gasteiger partial charge in [0.1, 0.15) is 0 Å². The quantitative estimate of drug-likeness (QED) is 0.742. The molecule has 166 valence electrons. The number of hydrogen-bond acceptors (Lipinski definition) is 3. The zero-order chi connectivity index (χ0) is 21.5. The topological polar surface area (TPSA) is 26.8 Å². The zero-order valence-corrected chi connectivity index (χ0v) is 17.9. The molecule has 0 aromatic heterocycles. The van der Waals surface area contributed by atoms with Crippen LogP contribution in [0, 0.1) is 11.8 Å². The number of carbonyl (C=O) groups excluding carboxylic acids is 1. The number of likely N-dealkylation sites (tertiary alicyclic amines) is 1. The summed E-state index contributed by atoms with van der Waals surface area (Å²) in [6.45, 7) is 3.72. The molecule has 3 saturated heterocycles. The molecule has 1 aromatic rings. The summed E-state index contributed by atoms with van der Waals surface area (Å²) >= 11 is 0. The third-order valence-corrected chi connectivity index (χ3v) is 7.16. The third-order valence-electron chi connectivity index (χ3n) is 7.16. The Kier molecular flexibility index (Phi) is 6.13. The predicted molar refractivity (Wildman–Crippen MR) is 110 cm³/mol. The summed E-state index contributed by atoms with van der Waals surface area (Å²) in [6, 6.07) is 6.04. The van der Waals surface area contributed by atoms with Crippen molar-refractivity contribution in [2.24, 2.45) is 11.8 Å². The number of likely N-dealkylation sites (N-methyl/N-ethyl adjacent to an activating group) is 1. The maximum Gasteiger partial charge on any atom is 0.416 e. The molecule has 4 nitrogen and oxygen atoms in total. The third kappa shape index (κ3) is 4.52. The van der Waals surface area contributed by atoms with Gasteiger partial charge < -0.3 is 9.80 Å². The molecule has 0 spiro atoms. The first-order chi connectivity index (χ1) is 14.2. The monoisotopic (exact) mass is 423 g/mol. The lowest BCUT2D eigenvalue weighted by atomic mass is 9.72. The van der Waals surface area contributed by atoms with Crippen LogP contribution in [0.3, 0.4) is 0 Å². The average Bonchev–Trinajstić information content (AvgIpc) is 2.70. The second-order valence-corrected chi connectivity index (χ2v) is 9.56. The van der Waals surface area contributed by atoms with E-state index in [0.717, 1.165) is 38.3 Å². The van der Waals surface area contributed by atoms with E-state index in [1.165, 1.54) is 37.8 Å². The molecular weight excluding hydrogens is 391 g/mol. The Morgan fingerprint density at radius 3 is 2.47 bits per heavy atom. The number of piperidine rings is 3. The smallest absolute Gasteiger partial charge is 0.342 e. The van der Waals surface area contributed by atoms with Crippen LogP contribution in [0.1, 0.15) is 36.8 Å². The first kappa shape index (κ1) is 21.6. The van der Waals surface area contributed by atoms with E-state index in [2.05, 4.69) is 23.9 Å².